The van der Waals surface area contributed by atoms with Gasteiger partial charge in [-0.05, 0) is 42.0 Å². The summed E-state index contributed by atoms with van der Waals surface area (Å²) in [5.41, 5.74) is 0. The van der Waals surface area contributed by atoms with Gasteiger partial charge in [-0.15, -0.1) is 0 Å². The van der Waals surface area contributed by atoms with E-state index in [0.717, 1.165) is 24.2 Å². The number of ether oxygens (including phenoxy) is 1. The summed E-state index contributed by atoms with van der Waals surface area (Å²) in [6, 6.07) is 17.8. The van der Waals surface area contributed by atoms with Gasteiger partial charge in [-0.25, -0.2) is 0 Å². The Hall–Kier alpha value is -2.79. The number of hydrogen-bond donors (Lipinski definition) is 1. The number of nitrogens with zero attached hydrogens (tertiary/aromatic N) is 1. The fraction of sp³-hybridized carbons (Fsp3) is 0.286. The number of nitrogens with one attached hydrogen (secondary N) is 1. The number of furan rings is 1. The first-order chi connectivity index (χ1) is 12.7. The molecule has 1 aliphatic rings. The van der Waals surface area contributed by atoms with Crippen LogP contribution in [0.3, 0.4) is 0 Å². The zero-order valence-electron chi connectivity index (χ0n) is 14.8. The lowest BCUT2D eigenvalue weighted by atomic mass is 10.1. The lowest BCUT2D eigenvalue weighted by Gasteiger charge is -2.33. The molecular weight excluding hydrogens is 328 g/mol. The second kappa shape index (κ2) is 7.22. The summed E-state index contributed by atoms with van der Waals surface area (Å²) < 4.78 is 11.6. The molecule has 134 valence electrons. The van der Waals surface area contributed by atoms with Gasteiger partial charge in [0.05, 0.1) is 0 Å². The van der Waals surface area contributed by atoms with E-state index in [4.69, 9.17) is 9.15 Å². The molecule has 0 saturated carbocycles. The van der Waals surface area contributed by atoms with Crippen molar-refractivity contribution in [3.63, 3.8) is 0 Å². The predicted molar refractivity (Wildman–Crippen MR) is 100 cm³/mol. The Morgan fingerprint density at radius 2 is 2.04 bits per heavy atom. The maximum atomic E-state index is 12.6. The molecule has 0 radical (unpaired) electrons. The van der Waals surface area contributed by atoms with Crippen LogP contribution in [0.4, 0.5) is 0 Å². The molecule has 5 nitrogen and oxygen atoms in total. The van der Waals surface area contributed by atoms with Crippen LogP contribution in [-0.4, -0.2) is 36.5 Å². The van der Waals surface area contributed by atoms with Crippen LogP contribution in [0.2, 0.25) is 0 Å². The van der Waals surface area contributed by atoms with Gasteiger partial charge in [-0.2, -0.15) is 0 Å². The van der Waals surface area contributed by atoms with Crippen molar-refractivity contribution in [2.75, 3.05) is 19.6 Å². The van der Waals surface area contributed by atoms with Gasteiger partial charge in [0, 0.05) is 25.7 Å². The lowest BCUT2D eigenvalue weighted by Crippen LogP contribution is -2.52. The summed E-state index contributed by atoms with van der Waals surface area (Å²) >= 11 is 0. The number of amides is 1. The maximum absolute atomic E-state index is 12.6. The second-order valence-electron chi connectivity index (χ2n) is 6.62. The first-order valence-corrected chi connectivity index (χ1v) is 8.93. The number of hydrogen-bond acceptors (Lipinski definition) is 4. The fourth-order valence-corrected chi connectivity index (χ4v) is 3.27. The standard InChI is InChI=1S/C21H22N2O3/c1-15-13-22-10-11-23(15)21(24)20-9-8-19(26-20)14-25-18-7-6-16-4-2-3-5-17(16)12-18/h2-9,12,15,22H,10-11,13-14H2,1H3. The number of rotatable bonds is 4. The lowest BCUT2D eigenvalue weighted by molar-refractivity contribution is 0.0619. The van der Waals surface area contributed by atoms with Crippen molar-refractivity contribution >= 4 is 16.7 Å². The van der Waals surface area contributed by atoms with E-state index in [1.165, 1.54) is 5.39 Å². The van der Waals surface area contributed by atoms with E-state index in [1.807, 2.05) is 42.2 Å². The van der Waals surface area contributed by atoms with E-state index in [9.17, 15) is 4.79 Å². The van der Waals surface area contributed by atoms with Crippen molar-refractivity contribution in [3.05, 3.63) is 66.1 Å². The van der Waals surface area contributed by atoms with Gasteiger partial charge in [0.25, 0.3) is 5.91 Å². The van der Waals surface area contributed by atoms with Gasteiger partial charge in [0.2, 0.25) is 0 Å². The molecule has 2 aromatic carbocycles. The number of carbonyl (C=O) groups is 1. The number of carbonyl (C=O) groups excluding carboxylic acids is 1. The molecule has 26 heavy (non-hydrogen) atoms. The molecule has 0 spiro atoms. The summed E-state index contributed by atoms with van der Waals surface area (Å²) in [5, 5.41) is 5.59. The number of fused-ring (bicyclic) bond motifs is 1. The van der Waals surface area contributed by atoms with Crippen LogP contribution in [-0.2, 0) is 6.61 Å². The predicted octanol–water partition coefficient (Wildman–Crippen LogP) is 3.45. The Morgan fingerprint density at radius 3 is 2.88 bits per heavy atom. The quantitative estimate of drug-likeness (QED) is 0.783. The second-order valence-corrected chi connectivity index (χ2v) is 6.62. The van der Waals surface area contributed by atoms with Crippen LogP contribution in [0, 0.1) is 0 Å². The van der Waals surface area contributed by atoms with Crippen LogP contribution >= 0.6 is 0 Å². The first-order valence-electron chi connectivity index (χ1n) is 8.93. The molecule has 1 aromatic heterocycles. The van der Waals surface area contributed by atoms with Gasteiger partial charge in [-0.1, -0.05) is 30.3 Å². The van der Waals surface area contributed by atoms with E-state index < -0.39 is 0 Å². The van der Waals surface area contributed by atoms with Crippen LogP contribution in [0.1, 0.15) is 23.2 Å². The Balaban J connectivity index is 1.42. The average molecular weight is 350 g/mol. The van der Waals surface area contributed by atoms with Gasteiger partial charge < -0.3 is 19.4 Å². The van der Waals surface area contributed by atoms with Crippen LogP contribution < -0.4 is 10.1 Å². The minimum atomic E-state index is -0.0593. The van der Waals surface area contributed by atoms with Gasteiger partial charge in [-0.3, -0.25) is 4.79 Å². The van der Waals surface area contributed by atoms with Crippen molar-refractivity contribution < 1.29 is 13.9 Å². The van der Waals surface area contributed by atoms with Crippen LogP contribution in [0.25, 0.3) is 10.8 Å². The number of piperazine rings is 1. The summed E-state index contributed by atoms with van der Waals surface area (Å²) in [7, 11) is 0. The van der Waals surface area contributed by atoms with E-state index in [-0.39, 0.29) is 11.9 Å². The normalized spacial score (nSPS) is 17.4. The van der Waals surface area contributed by atoms with E-state index >= 15 is 0 Å². The molecule has 1 amide bonds. The van der Waals surface area contributed by atoms with Crippen molar-refractivity contribution in [2.45, 2.75) is 19.6 Å². The highest BCUT2D eigenvalue weighted by molar-refractivity contribution is 5.91. The SMILES string of the molecule is CC1CNCCN1C(=O)c1ccc(COc2ccc3ccccc3c2)o1. The van der Waals surface area contributed by atoms with Gasteiger partial charge in [0.1, 0.15) is 18.1 Å². The summed E-state index contributed by atoms with van der Waals surface area (Å²) in [6.07, 6.45) is 0. The highest BCUT2D eigenvalue weighted by atomic mass is 16.5. The van der Waals surface area contributed by atoms with E-state index in [0.29, 0.717) is 24.7 Å². The molecule has 0 bridgehead atoms. The Labute approximate surface area is 152 Å². The highest BCUT2D eigenvalue weighted by Gasteiger charge is 2.26. The summed E-state index contributed by atoms with van der Waals surface area (Å²) in [4.78, 5) is 14.5. The molecule has 1 aliphatic heterocycles. The fourth-order valence-electron chi connectivity index (χ4n) is 3.27. The molecule has 1 saturated heterocycles. The zero-order chi connectivity index (χ0) is 17.9. The molecule has 1 fully saturated rings. The Bertz CT molecular complexity index is 918. The van der Waals surface area contributed by atoms with E-state index in [2.05, 4.69) is 17.4 Å². The first kappa shape index (κ1) is 16.7. The van der Waals surface area contributed by atoms with Crippen LogP contribution in [0.15, 0.2) is 59.0 Å². The molecule has 3 aromatic rings. The third-order valence-electron chi connectivity index (χ3n) is 4.74. The third kappa shape index (κ3) is 3.44. The van der Waals surface area contributed by atoms with Crippen molar-refractivity contribution in [2.24, 2.45) is 0 Å². The number of benzene rings is 2. The maximum Gasteiger partial charge on any atom is 0.289 e. The third-order valence-corrected chi connectivity index (χ3v) is 4.74. The topological polar surface area (TPSA) is 54.7 Å². The van der Waals surface area contributed by atoms with Crippen molar-refractivity contribution in [1.29, 1.82) is 0 Å². The molecule has 4 rings (SSSR count). The molecule has 0 aliphatic carbocycles. The molecule has 2 heterocycles. The molecular formula is C21H22N2O3. The zero-order valence-corrected chi connectivity index (χ0v) is 14.8. The van der Waals surface area contributed by atoms with Crippen molar-refractivity contribution in [1.82, 2.24) is 10.2 Å². The van der Waals surface area contributed by atoms with Gasteiger partial charge in [0.15, 0.2) is 5.76 Å². The summed E-state index contributed by atoms with van der Waals surface area (Å²) in [6.45, 7) is 4.65. The van der Waals surface area contributed by atoms with Crippen LogP contribution in [0.5, 0.6) is 5.75 Å². The molecule has 1 N–H and O–H groups in total. The molecule has 1 unspecified atom stereocenters. The minimum absolute atomic E-state index is 0.0593. The summed E-state index contributed by atoms with van der Waals surface area (Å²) in [5.74, 6) is 1.74. The van der Waals surface area contributed by atoms with Gasteiger partial charge >= 0.3 is 0 Å². The smallest absolute Gasteiger partial charge is 0.289 e. The molecule has 5 heteroatoms. The average Bonchev–Trinajstić information content (AvgIpc) is 3.15. The highest BCUT2D eigenvalue weighted by Crippen LogP contribution is 2.22. The molecule has 1 atom stereocenters. The Kier molecular flexibility index (Phi) is 4.63. The monoisotopic (exact) mass is 350 g/mol. The minimum Gasteiger partial charge on any atom is -0.486 e. The van der Waals surface area contributed by atoms with Crippen molar-refractivity contribution in [3.8, 4) is 5.75 Å². The van der Waals surface area contributed by atoms with E-state index in [1.54, 1.807) is 12.1 Å². The largest absolute Gasteiger partial charge is 0.486 e. The Morgan fingerprint density at radius 1 is 1.19 bits per heavy atom.